The fraction of sp³-hybridized carbons (Fsp3) is 0.816. The van der Waals surface area contributed by atoms with Crippen molar-refractivity contribution in [1.29, 1.82) is 0 Å². The van der Waals surface area contributed by atoms with Crippen LogP contribution < -0.4 is 5.63 Å². The zero-order chi connectivity index (χ0) is 40.4. The number of carbonyl (C=O) groups is 1. The van der Waals surface area contributed by atoms with E-state index in [1.165, 1.54) is 25.5 Å². The first-order valence-electron chi connectivity index (χ1n) is 19.5. The van der Waals surface area contributed by atoms with E-state index in [0.29, 0.717) is 44.9 Å². The molecule has 7 rings (SSSR count). The average Bonchev–Trinajstić information content (AvgIpc) is 3.44. The van der Waals surface area contributed by atoms with Gasteiger partial charge in [-0.2, -0.15) is 0 Å². The molecular formula is C38H55NO17. The fourth-order valence-corrected chi connectivity index (χ4v) is 11.4. The fourth-order valence-electron chi connectivity index (χ4n) is 11.4. The van der Waals surface area contributed by atoms with E-state index in [0.717, 1.165) is 5.56 Å². The van der Waals surface area contributed by atoms with E-state index in [9.17, 15) is 55.5 Å². The first kappa shape index (κ1) is 41.6. The van der Waals surface area contributed by atoms with Crippen LogP contribution in [0.1, 0.15) is 83.1 Å². The second kappa shape index (κ2) is 15.5. The predicted molar refractivity (Wildman–Crippen MR) is 189 cm³/mol. The Morgan fingerprint density at radius 2 is 1.61 bits per heavy atom. The largest absolute Gasteiger partial charge is 0.479 e. The van der Waals surface area contributed by atoms with Gasteiger partial charge in [-0.1, -0.05) is 12.1 Å². The van der Waals surface area contributed by atoms with Crippen LogP contribution >= 0.6 is 0 Å². The zero-order valence-corrected chi connectivity index (χ0v) is 31.4. The van der Waals surface area contributed by atoms with Crippen LogP contribution in [0, 0.1) is 22.7 Å². The molecule has 4 aliphatic carbocycles. The van der Waals surface area contributed by atoms with Crippen LogP contribution in [0.2, 0.25) is 0 Å². The van der Waals surface area contributed by atoms with Crippen molar-refractivity contribution in [2.24, 2.45) is 27.8 Å². The predicted octanol–water partition coefficient (Wildman–Crippen LogP) is -0.900. The van der Waals surface area contributed by atoms with Crippen LogP contribution in [0.4, 0.5) is 0 Å². The van der Waals surface area contributed by atoms with E-state index >= 15 is 0 Å². The van der Waals surface area contributed by atoms with Gasteiger partial charge < -0.3 is 74.2 Å². The molecule has 3 heterocycles. The highest BCUT2D eigenvalue weighted by Crippen LogP contribution is 2.71. The SMILES string of the molecule is C[C@@H]1O[C@@H](O[C@H]2CC[C@]3(/C=N/OCC(=O)O)[C@H]4CC[C@]5(C)[C@@H](c6ccc(=O)oc6)CC[C@]5(O)[C@@H]4CC[C@]3(O)C2)[C@H](O)[C@H](O)[C@H]1O[C@@H]1O[C@H](CO)[C@@H](O)[C@H](O)[C@H]1O. The number of hydrogen-bond donors (Lipinski definition) is 9. The van der Waals surface area contributed by atoms with Gasteiger partial charge in [-0.05, 0) is 87.7 Å². The molecule has 9 N–H and O–H groups in total. The standard InChI is InChI=1S/C38H55NO17/c1-18-32(56-34-30(47)28(45)27(44)24(14-40)55-34)29(46)31(48)33(53-18)54-20-5-10-36(17-39-52-16-25(41)42)22-6-9-35(2)21(19-3-4-26(43)51-15-19)8-12-38(35,50)23(22)7-11-37(36,49)13-20/h3-4,15,17-18,20-24,27-34,40,44-50H,5-14,16H2,1-2H3,(H,41,42)/b39-17+/t18-,20-,21+,22-,23+,24+,27+,28-,29-,30+,31+,32-,33-,34-,35+,36-,37-,38-/m0/s1. The van der Waals surface area contributed by atoms with E-state index in [2.05, 4.69) is 12.1 Å². The maximum atomic E-state index is 12.7. The Labute approximate surface area is 322 Å². The summed E-state index contributed by atoms with van der Waals surface area (Å²) in [6.45, 7) is 2.26. The summed E-state index contributed by atoms with van der Waals surface area (Å²) in [5.41, 5.74) is -3.80. The summed E-state index contributed by atoms with van der Waals surface area (Å²) in [5, 5.41) is 101. The van der Waals surface area contributed by atoms with Gasteiger partial charge >= 0.3 is 11.6 Å². The molecule has 314 valence electrons. The molecule has 1 aromatic heterocycles. The van der Waals surface area contributed by atoms with Gasteiger partial charge in [0.05, 0.1) is 42.5 Å². The van der Waals surface area contributed by atoms with E-state index < -0.39 is 114 Å². The minimum atomic E-state index is -1.74. The highest BCUT2D eigenvalue weighted by molar-refractivity contribution is 5.70. The van der Waals surface area contributed by atoms with E-state index in [1.807, 2.05) is 0 Å². The summed E-state index contributed by atoms with van der Waals surface area (Å²) in [6, 6.07) is 3.15. The van der Waals surface area contributed by atoms with Gasteiger partial charge in [-0.25, -0.2) is 9.59 Å². The molecule has 4 saturated carbocycles. The maximum Gasteiger partial charge on any atom is 0.344 e. The van der Waals surface area contributed by atoms with Crippen LogP contribution in [0.25, 0.3) is 0 Å². The lowest BCUT2D eigenvalue weighted by Gasteiger charge is -2.65. The molecule has 2 aliphatic heterocycles. The minimum Gasteiger partial charge on any atom is -0.479 e. The number of carboxylic acid groups (broad SMARTS) is 1. The van der Waals surface area contributed by atoms with E-state index in [4.69, 9.17) is 28.2 Å². The topological polar surface area (TPSA) is 288 Å². The molecule has 0 amide bonds. The zero-order valence-electron chi connectivity index (χ0n) is 31.4. The Morgan fingerprint density at radius 3 is 2.30 bits per heavy atom. The molecule has 18 nitrogen and oxygen atoms in total. The van der Waals surface area contributed by atoms with Gasteiger partial charge in [0, 0.05) is 23.3 Å². The Morgan fingerprint density at radius 1 is 0.893 bits per heavy atom. The molecule has 18 atom stereocenters. The van der Waals surface area contributed by atoms with E-state index in [1.54, 1.807) is 6.07 Å². The first-order valence-corrected chi connectivity index (χ1v) is 19.5. The highest BCUT2D eigenvalue weighted by atomic mass is 16.7. The van der Waals surface area contributed by atoms with Crippen molar-refractivity contribution >= 4 is 12.2 Å². The number of fused-ring (bicyclic) bond motifs is 5. The Bertz CT molecular complexity index is 1640. The number of nitrogens with zero attached hydrogens (tertiary/aromatic N) is 1. The molecule has 0 spiro atoms. The Hall–Kier alpha value is -2.59. The van der Waals surface area contributed by atoms with E-state index in [-0.39, 0.29) is 30.6 Å². The molecule has 2 saturated heterocycles. The van der Waals surface area contributed by atoms with Gasteiger partial charge in [0.1, 0.15) is 42.7 Å². The summed E-state index contributed by atoms with van der Waals surface area (Å²) >= 11 is 0. The van der Waals surface area contributed by atoms with Crippen molar-refractivity contribution in [2.45, 2.75) is 156 Å². The van der Waals surface area contributed by atoms with Crippen molar-refractivity contribution in [2.75, 3.05) is 13.2 Å². The lowest BCUT2D eigenvalue weighted by molar-refractivity contribution is -0.361. The van der Waals surface area contributed by atoms with Crippen molar-refractivity contribution in [3.8, 4) is 0 Å². The number of rotatable bonds is 10. The summed E-state index contributed by atoms with van der Waals surface area (Å²) in [6.07, 6.45) is -8.69. The number of carboxylic acids is 1. The minimum absolute atomic E-state index is 0.0599. The van der Waals surface area contributed by atoms with Gasteiger partial charge in [-0.15, -0.1) is 0 Å². The monoisotopic (exact) mass is 797 g/mol. The summed E-state index contributed by atoms with van der Waals surface area (Å²) in [5.74, 6) is -1.81. The van der Waals surface area contributed by atoms with Gasteiger partial charge in [0.15, 0.2) is 12.6 Å². The van der Waals surface area contributed by atoms with Gasteiger partial charge in [0.25, 0.3) is 0 Å². The second-order valence-electron chi connectivity index (χ2n) is 17.1. The van der Waals surface area contributed by atoms with Crippen LogP contribution in [-0.4, -0.2) is 150 Å². The quantitative estimate of drug-likeness (QED) is 0.0788. The molecule has 56 heavy (non-hydrogen) atoms. The summed E-state index contributed by atoms with van der Waals surface area (Å²) < 4.78 is 28.6. The number of aliphatic carboxylic acids is 1. The van der Waals surface area contributed by atoms with Crippen LogP contribution in [0.5, 0.6) is 0 Å². The van der Waals surface area contributed by atoms with Crippen molar-refractivity contribution in [3.63, 3.8) is 0 Å². The Balaban J connectivity index is 1.08. The number of aliphatic hydroxyl groups excluding tert-OH is 6. The third kappa shape index (κ3) is 6.82. The third-order valence-electron chi connectivity index (χ3n) is 14.4. The number of aliphatic hydroxyl groups is 8. The molecule has 0 aromatic carbocycles. The third-order valence-corrected chi connectivity index (χ3v) is 14.4. The normalized spacial score (nSPS) is 49.2. The number of hydrogen-bond acceptors (Lipinski definition) is 17. The summed E-state index contributed by atoms with van der Waals surface area (Å²) in [7, 11) is 0. The highest BCUT2D eigenvalue weighted by Gasteiger charge is 2.71. The molecular weight excluding hydrogens is 742 g/mol. The van der Waals surface area contributed by atoms with Crippen LogP contribution in [0.3, 0.4) is 0 Å². The molecule has 0 bridgehead atoms. The van der Waals surface area contributed by atoms with Crippen LogP contribution in [-0.2, 0) is 28.6 Å². The second-order valence-corrected chi connectivity index (χ2v) is 17.1. The number of ether oxygens (including phenoxy) is 4. The van der Waals surface area contributed by atoms with Gasteiger partial charge in [-0.3, -0.25) is 0 Å². The van der Waals surface area contributed by atoms with Crippen LogP contribution in [0.15, 0.2) is 32.8 Å². The smallest absolute Gasteiger partial charge is 0.344 e. The molecule has 6 aliphatic rings. The lowest BCUT2D eigenvalue weighted by atomic mass is 9.41. The first-order chi connectivity index (χ1) is 26.5. The Kier molecular flexibility index (Phi) is 11.5. The van der Waals surface area contributed by atoms with Gasteiger partial charge in [0.2, 0.25) is 6.61 Å². The number of oxime groups is 1. The summed E-state index contributed by atoms with van der Waals surface area (Å²) in [4.78, 5) is 28.1. The molecule has 1 aromatic rings. The average molecular weight is 798 g/mol. The molecule has 0 unspecified atom stereocenters. The maximum absolute atomic E-state index is 12.7. The molecule has 6 fully saturated rings. The van der Waals surface area contributed by atoms with Crippen molar-refractivity contribution in [3.05, 3.63) is 34.4 Å². The lowest BCUT2D eigenvalue weighted by Crippen LogP contribution is -2.69. The van der Waals surface area contributed by atoms with Crippen molar-refractivity contribution < 1.29 is 79.0 Å². The molecule has 18 heteroatoms. The van der Waals surface area contributed by atoms with Crippen molar-refractivity contribution in [1.82, 2.24) is 0 Å². The molecule has 0 radical (unpaired) electrons.